The fourth-order valence-electron chi connectivity index (χ4n) is 2.62. The van der Waals surface area contributed by atoms with Crippen LogP contribution in [0.2, 0.25) is 0 Å². The first-order valence-corrected chi connectivity index (χ1v) is 6.05. The lowest BCUT2D eigenvalue weighted by Gasteiger charge is -2.37. The second kappa shape index (κ2) is 4.13. The third-order valence-electron chi connectivity index (χ3n) is 3.28. The molecule has 1 saturated heterocycles. The van der Waals surface area contributed by atoms with E-state index >= 15 is 0 Å². The second-order valence-electron chi connectivity index (χ2n) is 5.77. The molecule has 0 spiro atoms. The summed E-state index contributed by atoms with van der Waals surface area (Å²) in [5.41, 5.74) is 0.647. The van der Waals surface area contributed by atoms with Gasteiger partial charge in [0.05, 0.1) is 24.2 Å². The zero-order valence-corrected chi connectivity index (χ0v) is 11.2. The van der Waals surface area contributed by atoms with E-state index in [4.69, 9.17) is 0 Å². The molecule has 2 atom stereocenters. The smallest absolute Gasteiger partial charge is 0.224 e. The van der Waals surface area contributed by atoms with Crippen LogP contribution >= 0.6 is 0 Å². The number of aryl methyl sites for hydroxylation is 1. The summed E-state index contributed by atoms with van der Waals surface area (Å²) in [6, 6.07) is 2.07. The monoisotopic (exact) mass is 246 g/mol. The highest BCUT2D eigenvalue weighted by molar-refractivity contribution is 5.81. The number of hydrogen-bond donors (Lipinski definition) is 0. The maximum absolute atomic E-state index is 12.1. The van der Waals surface area contributed by atoms with E-state index in [-0.39, 0.29) is 23.4 Å². The molecule has 0 aromatic carbocycles. The molecule has 1 amide bonds. The number of carbonyl (C=O) groups is 1. The van der Waals surface area contributed by atoms with Crippen molar-refractivity contribution in [2.75, 3.05) is 0 Å². The summed E-state index contributed by atoms with van der Waals surface area (Å²) in [5, 5.41) is 13.4. The molecule has 5 nitrogen and oxygen atoms in total. The SMILES string of the molecule is Cn1cc(C2C(C#N)CC(=O)N2C(C)(C)C)cn1. The van der Waals surface area contributed by atoms with Gasteiger partial charge in [0.25, 0.3) is 0 Å². The van der Waals surface area contributed by atoms with Crippen LogP contribution in [0.4, 0.5) is 0 Å². The Bertz CT molecular complexity index is 506. The molecule has 1 aromatic heterocycles. The van der Waals surface area contributed by atoms with Crippen LogP contribution in [0, 0.1) is 17.2 Å². The van der Waals surface area contributed by atoms with Gasteiger partial charge in [-0.2, -0.15) is 10.4 Å². The Morgan fingerprint density at radius 3 is 2.61 bits per heavy atom. The summed E-state index contributed by atoms with van der Waals surface area (Å²) in [6.07, 6.45) is 3.92. The number of carbonyl (C=O) groups excluding carboxylic acids is 1. The van der Waals surface area contributed by atoms with Crippen LogP contribution in [0.3, 0.4) is 0 Å². The maximum Gasteiger partial charge on any atom is 0.224 e. The van der Waals surface area contributed by atoms with E-state index in [2.05, 4.69) is 11.2 Å². The first kappa shape index (κ1) is 12.6. The van der Waals surface area contributed by atoms with E-state index in [1.54, 1.807) is 10.9 Å². The average molecular weight is 246 g/mol. The summed E-state index contributed by atoms with van der Waals surface area (Å²) >= 11 is 0. The minimum atomic E-state index is -0.291. The van der Waals surface area contributed by atoms with Crippen LogP contribution in [-0.4, -0.2) is 26.1 Å². The van der Waals surface area contributed by atoms with E-state index in [9.17, 15) is 10.1 Å². The van der Waals surface area contributed by atoms with Crippen LogP contribution < -0.4 is 0 Å². The zero-order chi connectivity index (χ0) is 13.5. The van der Waals surface area contributed by atoms with Gasteiger partial charge in [0, 0.05) is 30.8 Å². The molecule has 2 rings (SSSR count). The van der Waals surface area contributed by atoms with Crippen molar-refractivity contribution >= 4 is 5.91 Å². The number of likely N-dealkylation sites (tertiary alicyclic amines) is 1. The van der Waals surface area contributed by atoms with Gasteiger partial charge in [-0.3, -0.25) is 9.48 Å². The Hall–Kier alpha value is -1.83. The third kappa shape index (κ3) is 1.99. The molecule has 0 saturated carbocycles. The number of amides is 1. The van der Waals surface area contributed by atoms with Crippen LogP contribution in [-0.2, 0) is 11.8 Å². The lowest BCUT2D eigenvalue weighted by molar-refractivity contribution is -0.133. The molecule has 96 valence electrons. The molecule has 1 aliphatic rings. The average Bonchev–Trinajstić information content (AvgIpc) is 2.80. The first-order chi connectivity index (χ1) is 8.34. The zero-order valence-electron chi connectivity index (χ0n) is 11.2. The Morgan fingerprint density at radius 2 is 2.17 bits per heavy atom. The Kier molecular flexibility index (Phi) is 2.89. The maximum atomic E-state index is 12.1. The van der Waals surface area contributed by atoms with Crippen molar-refractivity contribution in [1.29, 1.82) is 5.26 Å². The van der Waals surface area contributed by atoms with Gasteiger partial charge >= 0.3 is 0 Å². The van der Waals surface area contributed by atoms with Crippen molar-refractivity contribution < 1.29 is 4.79 Å². The molecule has 2 heterocycles. The summed E-state index contributed by atoms with van der Waals surface area (Å²) in [7, 11) is 1.84. The lowest BCUT2D eigenvalue weighted by Crippen LogP contribution is -2.44. The number of nitriles is 1. The quantitative estimate of drug-likeness (QED) is 0.756. The van der Waals surface area contributed by atoms with Crippen LogP contribution in [0.25, 0.3) is 0 Å². The lowest BCUT2D eigenvalue weighted by atomic mass is 9.95. The number of nitrogens with zero attached hydrogens (tertiary/aromatic N) is 4. The van der Waals surface area contributed by atoms with Gasteiger partial charge in [0.15, 0.2) is 0 Å². The Morgan fingerprint density at radius 1 is 1.50 bits per heavy atom. The molecule has 0 N–H and O–H groups in total. The summed E-state index contributed by atoms with van der Waals surface area (Å²) in [6.45, 7) is 5.98. The van der Waals surface area contributed by atoms with Crippen LogP contribution in [0.5, 0.6) is 0 Å². The van der Waals surface area contributed by atoms with Gasteiger partial charge in [0.1, 0.15) is 0 Å². The third-order valence-corrected chi connectivity index (χ3v) is 3.28. The Labute approximate surface area is 107 Å². The van der Waals surface area contributed by atoms with Crippen molar-refractivity contribution in [2.45, 2.75) is 38.8 Å². The Balaban J connectivity index is 2.45. The predicted molar refractivity (Wildman–Crippen MR) is 66.3 cm³/mol. The van der Waals surface area contributed by atoms with E-state index in [0.717, 1.165) is 5.56 Å². The highest BCUT2D eigenvalue weighted by Crippen LogP contribution is 2.41. The van der Waals surface area contributed by atoms with Gasteiger partial charge in [0.2, 0.25) is 5.91 Å². The van der Waals surface area contributed by atoms with Gasteiger partial charge in [-0.15, -0.1) is 0 Å². The second-order valence-corrected chi connectivity index (χ2v) is 5.77. The highest BCUT2D eigenvalue weighted by Gasteiger charge is 2.46. The van der Waals surface area contributed by atoms with E-state index in [1.165, 1.54) is 0 Å². The van der Waals surface area contributed by atoms with E-state index in [1.807, 2.05) is 38.9 Å². The molecule has 0 radical (unpaired) electrons. The van der Waals surface area contributed by atoms with Crippen molar-refractivity contribution in [3.8, 4) is 6.07 Å². The topological polar surface area (TPSA) is 61.9 Å². The molecule has 1 aliphatic heterocycles. The minimum Gasteiger partial charge on any atom is -0.329 e. The van der Waals surface area contributed by atoms with Gasteiger partial charge in [-0.25, -0.2) is 0 Å². The summed E-state index contributed by atoms with van der Waals surface area (Å²) in [5.74, 6) is -0.246. The van der Waals surface area contributed by atoms with Crippen molar-refractivity contribution in [1.82, 2.24) is 14.7 Å². The fourth-order valence-corrected chi connectivity index (χ4v) is 2.62. The molecule has 1 aromatic rings. The molecular formula is C13H18N4O. The molecule has 5 heteroatoms. The fraction of sp³-hybridized carbons (Fsp3) is 0.615. The van der Waals surface area contributed by atoms with Gasteiger partial charge < -0.3 is 4.90 Å². The highest BCUT2D eigenvalue weighted by atomic mass is 16.2. The number of hydrogen-bond acceptors (Lipinski definition) is 3. The van der Waals surface area contributed by atoms with Gasteiger partial charge in [-0.05, 0) is 20.8 Å². The number of rotatable bonds is 1. The molecule has 18 heavy (non-hydrogen) atoms. The summed E-state index contributed by atoms with van der Waals surface area (Å²) < 4.78 is 1.70. The minimum absolute atomic E-state index is 0.0444. The molecular weight excluding hydrogens is 228 g/mol. The van der Waals surface area contributed by atoms with Crippen LogP contribution in [0.15, 0.2) is 12.4 Å². The first-order valence-electron chi connectivity index (χ1n) is 6.05. The number of aromatic nitrogens is 2. The largest absolute Gasteiger partial charge is 0.329 e. The van der Waals surface area contributed by atoms with Crippen molar-refractivity contribution in [3.05, 3.63) is 18.0 Å². The standard InChI is InChI=1S/C13H18N4O/c1-13(2,3)17-11(18)5-9(6-14)12(17)10-7-15-16(4)8-10/h7-9,12H,5H2,1-4H3. The predicted octanol–water partition coefficient (Wildman–Crippen LogP) is 1.63. The van der Waals surface area contributed by atoms with Crippen LogP contribution in [0.1, 0.15) is 38.8 Å². The van der Waals surface area contributed by atoms with Crippen molar-refractivity contribution in [3.63, 3.8) is 0 Å². The molecule has 1 fully saturated rings. The van der Waals surface area contributed by atoms with Gasteiger partial charge in [-0.1, -0.05) is 0 Å². The van der Waals surface area contributed by atoms with E-state index < -0.39 is 0 Å². The molecule has 0 bridgehead atoms. The van der Waals surface area contributed by atoms with E-state index in [0.29, 0.717) is 6.42 Å². The normalized spacial score (nSPS) is 24.4. The summed E-state index contributed by atoms with van der Waals surface area (Å²) in [4.78, 5) is 13.9. The van der Waals surface area contributed by atoms with Crippen molar-refractivity contribution in [2.24, 2.45) is 13.0 Å². The molecule has 0 aliphatic carbocycles. The molecule has 2 unspecified atom stereocenters.